The molecule has 0 atom stereocenters. The second-order valence-electron chi connectivity index (χ2n) is 11.6. The van der Waals surface area contributed by atoms with Crippen molar-refractivity contribution in [3.63, 3.8) is 0 Å². The molecular weight excluding hydrogens is 451 g/mol. The topological polar surface area (TPSA) is 93.7 Å². The van der Waals surface area contributed by atoms with Crippen LogP contribution in [0.1, 0.15) is 88.5 Å². The Morgan fingerprint density at radius 2 is 1.53 bits per heavy atom. The van der Waals surface area contributed by atoms with E-state index in [2.05, 4.69) is 16.1 Å². The smallest absolute Gasteiger partial charge is 0.403 e. The number of benzene rings is 1. The minimum absolute atomic E-state index is 0.331. The average Bonchev–Trinajstić information content (AvgIpc) is 3.07. The van der Waals surface area contributed by atoms with E-state index < -0.39 is 32.0 Å². The first kappa shape index (κ1) is 24.1. The number of nitrogens with one attached hydrogen (secondary N) is 2. The predicted octanol–water partition coefficient (Wildman–Crippen LogP) is 4.52. The van der Waals surface area contributed by atoms with E-state index in [0.717, 1.165) is 44.2 Å². The Hall–Kier alpha value is -1.58. The van der Waals surface area contributed by atoms with Crippen molar-refractivity contribution in [2.75, 3.05) is 5.32 Å². The Kier molecular flexibility index (Phi) is 5.85. The third kappa shape index (κ3) is 4.18. The summed E-state index contributed by atoms with van der Waals surface area (Å²) in [5, 5.41) is 2.95. The molecule has 1 aromatic rings. The van der Waals surface area contributed by atoms with E-state index in [1.54, 1.807) is 0 Å². The lowest BCUT2D eigenvalue weighted by Gasteiger charge is -2.32. The van der Waals surface area contributed by atoms with Crippen LogP contribution in [0.15, 0.2) is 6.07 Å². The summed E-state index contributed by atoms with van der Waals surface area (Å²) in [5.41, 5.74) is 5.08. The van der Waals surface area contributed by atoms with Crippen LogP contribution in [0.2, 0.25) is 6.32 Å². The molecular formula is C25H37BN2O5S. The molecule has 1 heterocycles. The van der Waals surface area contributed by atoms with Crippen LogP contribution in [-0.4, -0.2) is 37.5 Å². The van der Waals surface area contributed by atoms with E-state index in [0.29, 0.717) is 32.0 Å². The Morgan fingerprint density at radius 1 is 0.971 bits per heavy atom. The van der Waals surface area contributed by atoms with Crippen LogP contribution in [0.3, 0.4) is 0 Å². The number of hydrogen-bond acceptors (Lipinski definition) is 5. The molecule has 5 rings (SSSR count). The highest BCUT2D eigenvalue weighted by Gasteiger charge is 2.55. The minimum Gasteiger partial charge on any atom is -0.403 e. The van der Waals surface area contributed by atoms with Crippen molar-refractivity contribution in [1.29, 1.82) is 0 Å². The van der Waals surface area contributed by atoms with Gasteiger partial charge in [-0.25, -0.2) is 17.9 Å². The Labute approximate surface area is 203 Å². The molecule has 4 aliphatic rings. The van der Waals surface area contributed by atoms with Gasteiger partial charge in [-0.05, 0) is 114 Å². The zero-order valence-electron chi connectivity index (χ0n) is 20.9. The van der Waals surface area contributed by atoms with E-state index in [9.17, 15) is 13.2 Å². The number of sulfonamides is 1. The van der Waals surface area contributed by atoms with E-state index >= 15 is 0 Å². The number of amides is 2. The molecule has 9 heteroatoms. The number of urea groups is 1. The summed E-state index contributed by atoms with van der Waals surface area (Å²) < 4.78 is 39.9. The summed E-state index contributed by atoms with van der Waals surface area (Å²) in [6.07, 6.45) is 9.06. The fraction of sp³-hybridized carbons (Fsp3) is 0.720. The molecule has 7 nitrogen and oxygen atoms in total. The highest BCUT2D eigenvalue weighted by molar-refractivity contribution is 7.91. The molecule has 1 saturated carbocycles. The summed E-state index contributed by atoms with van der Waals surface area (Å²) in [6, 6.07) is 1.66. The number of rotatable bonds is 7. The maximum atomic E-state index is 13.2. The third-order valence-corrected chi connectivity index (χ3v) is 10.9. The van der Waals surface area contributed by atoms with Crippen LogP contribution < -0.4 is 10.0 Å². The molecule has 0 bridgehead atoms. The molecule has 2 N–H and O–H groups in total. The van der Waals surface area contributed by atoms with Gasteiger partial charge in [0.05, 0.1) is 15.9 Å². The van der Waals surface area contributed by atoms with Gasteiger partial charge in [-0.3, -0.25) is 0 Å². The molecule has 1 aliphatic heterocycles. The Balaban J connectivity index is 1.20. The molecule has 186 valence electrons. The van der Waals surface area contributed by atoms with Gasteiger partial charge in [-0.15, -0.1) is 0 Å². The van der Waals surface area contributed by atoms with Gasteiger partial charge in [-0.2, -0.15) is 0 Å². The predicted molar refractivity (Wildman–Crippen MR) is 134 cm³/mol. The molecule has 0 spiro atoms. The van der Waals surface area contributed by atoms with Crippen LogP contribution in [0.5, 0.6) is 0 Å². The van der Waals surface area contributed by atoms with Gasteiger partial charge in [0.15, 0.2) is 0 Å². The Bertz CT molecular complexity index is 1060. The molecule has 0 aromatic heterocycles. The second kappa shape index (κ2) is 8.24. The largest absolute Gasteiger partial charge is 0.457 e. The van der Waals surface area contributed by atoms with Crippen LogP contribution in [0, 0.1) is 0 Å². The lowest BCUT2D eigenvalue weighted by atomic mass is 9.82. The van der Waals surface area contributed by atoms with E-state index in [1.807, 2.05) is 27.7 Å². The van der Waals surface area contributed by atoms with Crippen molar-refractivity contribution in [1.82, 2.24) is 4.72 Å². The van der Waals surface area contributed by atoms with Crippen molar-refractivity contribution in [3.8, 4) is 0 Å². The summed E-state index contributed by atoms with van der Waals surface area (Å²) in [5.74, 6) is 0. The second-order valence-corrected chi connectivity index (χ2v) is 13.6. The van der Waals surface area contributed by atoms with Crippen molar-refractivity contribution in [3.05, 3.63) is 28.3 Å². The summed E-state index contributed by atoms with van der Waals surface area (Å²) in [6.45, 7) is 8.06. The zero-order valence-corrected chi connectivity index (χ0v) is 21.7. The van der Waals surface area contributed by atoms with Crippen LogP contribution in [0.4, 0.5) is 10.5 Å². The molecule has 0 radical (unpaired) electrons. The van der Waals surface area contributed by atoms with Crippen molar-refractivity contribution < 1.29 is 22.5 Å². The lowest BCUT2D eigenvalue weighted by molar-refractivity contribution is 0.00578. The van der Waals surface area contributed by atoms with E-state index in [-0.39, 0.29) is 7.12 Å². The highest BCUT2D eigenvalue weighted by Crippen LogP contribution is 2.48. The molecule has 1 saturated heterocycles. The molecule has 0 unspecified atom stereocenters. The van der Waals surface area contributed by atoms with E-state index in [4.69, 9.17) is 9.31 Å². The first-order valence-corrected chi connectivity index (χ1v) is 14.3. The van der Waals surface area contributed by atoms with Gasteiger partial charge in [0.2, 0.25) is 10.0 Å². The molecule has 34 heavy (non-hydrogen) atoms. The van der Waals surface area contributed by atoms with Crippen LogP contribution in [0.25, 0.3) is 0 Å². The first-order valence-electron chi connectivity index (χ1n) is 12.8. The maximum absolute atomic E-state index is 13.2. The van der Waals surface area contributed by atoms with Crippen molar-refractivity contribution >= 4 is 28.9 Å². The van der Waals surface area contributed by atoms with Crippen molar-refractivity contribution in [2.24, 2.45) is 0 Å². The number of carbonyl (C=O) groups excluding carboxylic acids is 1. The zero-order chi connectivity index (χ0) is 24.4. The molecule has 1 aromatic carbocycles. The standard InChI is InChI=1S/C25H37BN2O5S/c1-23(2)24(3,4)33-26(32-23)15-7-12-25(13-14-25)34(30,31)28-22(29)27-21-19-10-5-8-17(19)16-18-9-6-11-20(18)21/h16H,5-15H2,1-4H3,(H2,27,28,29). The monoisotopic (exact) mass is 488 g/mol. The fourth-order valence-corrected chi connectivity index (χ4v) is 7.37. The minimum atomic E-state index is -3.78. The van der Waals surface area contributed by atoms with E-state index in [1.165, 1.54) is 22.3 Å². The summed E-state index contributed by atoms with van der Waals surface area (Å²) in [4.78, 5) is 12.9. The molecule has 2 fully saturated rings. The van der Waals surface area contributed by atoms with Crippen LogP contribution >= 0.6 is 0 Å². The van der Waals surface area contributed by atoms with Gasteiger partial charge in [0.25, 0.3) is 0 Å². The number of aryl methyl sites for hydroxylation is 2. The number of anilines is 1. The number of carbonyl (C=O) groups is 1. The quantitative estimate of drug-likeness (QED) is 0.551. The molecule has 2 amide bonds. The third-order valence-electron chi connectivity index (χ3n) is 8.69. The van der Waals surface area contributed by atoms with Gasteiger partial charge in [-0.1, -0.05) is 12.5 Å². The molecule has 3 aliphatic carbocycles. The highest BCUT2D eigenvalue weighted by atomic mass is 32.2. The van der Waals surface area contributed by atoms with Crippen LogP contribution in [-0.2, 0) is 45.0 Å². The van der Waals surface area contributed by atoms with Gasteiger partial charge in [0, 0.05) is 5.69 Å². The fourth-order valence-electron chi connectivity index (χ4n) is 5.80. The van der Waals surface area contributed by atoms with Gasteiger partial charge < -0.3 is 14.6 Å². The lowest BCUT2D eigenvalue weighted by Crippen LogP contribution is -2.42. The van der Waals surface area contributed by atoms with Gasteiger partial charge >= 0.3 is 13.1 Å². The Morgan fingerprint density at radius 3 is 2.06 bits per heavy atom. The van der Waals surface area contributed by atoms with Gasteiger partial charge in [0.1, 0.15) is 0 Å². The number of fused-ring (bicyclic) bond motifs is 2. The average molecular weight is 488 g/mol. The van der Waals surface area contributed by atoms with Crippen molar-refractivity contribution in [2.45, 2.75) is 114 Å². The maximum Gasteiger partial charge on any atom is 0.457 e. The first-order chi connectivity index (χ1) is 15.9. The SMILES string of the molecule is CC1(C)OB(CCCC2(S(=O)(=O)NC(=O)Nc3c4c(cc5c3CCC5)CCC4)CC2)OC1(C)C. The summed E-state index contributed by atoms with van der Waals surface area (Å²) in [7, 11) is -4.11. The normalized spacial score (nSPS) is 23.5. The summed E-state index contributed by atoms with van der Waals surface area (Å²) >= 11 is 0. The number of hydrogen-bond donors (Lipinski definition) is 2.